The van der Waals surface area contributed by atoms with E-state index in [0.29, 0.717) is 28.8 Å². The quantitative estimate of drug-likeness (QED) is 0.830. The summed E-state index contributed by atoms with van der Waals surface area (Å²) in [6.45, 7) is 6.58. The first-order valence-corrected chi connectivity index (χ1v) is 8.71. The Morgan fingerprint density at radius 1 is 1.21 bits per heavy atom. The maximum atomic E-state index is 12.4. The van der Waals surface area contributed by atoms with Crippen LogP contribution in [0.1, 0.15) is 39.8 Å². The Kier molecular flexibility index (Phi) is 6.20. The van der Waals surface area contributed by atoms with E-state index in [4.69, 9.17) is 9.47 Å². The van der Waals surface area contributed by atoms with Gasteiger partial charge in [-0.05, 0) is 30.5 Å². The molecule has 0 aliphatic heterocycles. The highest BCUT2D eigenvalue weighted by atomic mass is 32.1. The normalized spacial score (nSPS) is 10.8. The summed E-state index contributed by atoms with van der Waals surface area (Å²) in [5.41, 5.74) is 1.71. The Morgan fingerprint density at radius 2 is 1.83 bits per heavy atom. The number of carbonyl (C=O) groups excluding carboxylic acids is 1. The largest absolute Gasteiger partial charge is 0.497 e. The monoisotopic (exact) mass is 348 g/mol. The van der Waals surface area contributed by atoms with Crippen LogP contribution in [-0.4, -0.2) is 25.1 Å². The highest BCUT2D eigenvalue weighted by Crippen LogP contribution is 2.23. The average Bonchev–Trinajstić information content (AvgIpc) is 2.91. The van der Waals surface area contributed by atoms with E-state index < -0.39 is 0 Å². The number of nitrogens with zero attached hydrogens (tertiary/aromatic N) is 1. The van der Waals surface area contributed by atoms with E-state index >= 15 is 0 Å². The summed E-state index contributed by atoms with van der Waals surface area (Å²) >= 11 is 1.47. The number of thiazole rings is 1. The van der Waals surface area contributed by atoms with Gasteiger partial charge in [0, 0.05) is 19.0 Å². The molecular weight excluding hydrogens is 324 g/mol. The second kappa shape index (κ2) is 8.15. The third kappa shape index (κ3) is 4.71. The average molecular weight is 348 g/mol. The van der Waals surface area contributed by atoms with Crippen molar-refractivity contribution in [3.8, 4) is 11.5 Å². The summed E-state index contributed by atoms with van der Waals surface area (Å²) in [5, 5.41) is 3.96. The highest BCUT2D eigenvalue weighted by Gasteiger charge is 2.16. The second-order valence-corrected chi connectivity index (χ2v) is 7.11. The highest BCUT2D eigenvalue weighted by molar-refractivity contribution is 7.13. The molecule has 1 aromatic heterocycles. The van der Waals surface area contributed by atoms with Gasteiger partial charge in [0.1, 0.15) is 16.4 Å². The van der Waals surface area contributed by atoms with Crippen LogP contribution < -0.4 is 14.8 Å². The molecule has 0 atom stereocenters. The van der Waals surface area contributed by atoms with Crippen molar-refractivity contribution >= 4 is 17.2 Å². The van der Waals surface area contributed by atoms with Crippen molar-refractivity contribution in [3.63, 3.8) is 0 Å². The minimum atomic E-state index is -0.0956. The topological polar surface area (TPSA) is 60.5 Å². The van der Waals surface area contributed by atoms with Gasteiger partial charge in [0.05, 0.1) is 24.9 Å². The summed E-state index contributed by atoms with van der Waals surface area (Å²) in [6.07, 6.45) is 0.895. The fourth-order valence-electron chi connectivity index (χ4n) is 2.33. The summed E-state index contributed by atoms with van der Waals surface area (Å²) in [7, 11) is 3.21. The Hall–Kier alpha value is -2.08. The fraction of sp³-hybridized carbons (Fsp3) is 0.444. The van der Waals surface area contributed by atoms with E-state index in [-0.39, 0.29) is 5.91 Å². The number of aryl methyl sites for hydroxylation is 1. The first-order valence-electron chi connectivity index (χ1n) is 7.89. The molecule has 0 unspecified atom stereocenters. The molecule has 1 N–H and O–H groups in total. The molecule has 1 amide bonds. The molecular formula is C18H24N2O3S. The maximum absolute atomic E-state index is 12.4. The molecule has 0 bridgehead atoms. The molecule has 0 aliphatic rings. The van der Waals surface area contributed by atoms with Crippen molar-refractivity contribution in [2.75, 3.05) is 14.2 Å². The summed E-state index contributed by atoms with van der Waals surface area (Å²) in [5.74, 6) is 1.83. The number of ether oxygens (including phenoxy) is 2. The molecule has 0 spiro atoms. The lowest BCUT2D eigenvalue weighted by Gasteiger charge is -2.09. The lowest BCUT2D eigenvalue weighted by molar-refractivity contribution is 0.0954. The van der Waals surface area contributed by atoms with Crippen LogP contribution in [0.2, 0.25) is 0 Å². The van der Waals surface area contributed by atoms with Crippen LogP contribution in [0.25, 0.3) is 0 Å². The van der Waals surface area contributed by atoms with E-state index in [9.17, 15) is 4.79 Å². The van der Waals surface area contributed by atoms with Gasteiger partial charge in [-0.25, -0.2) is 4.98 Å². The summed E-state index contributed by atoms with van der Waals surface area (Å²) in [6, 6.07) is 5.57. The number of hydrogen-bond donors (Lipinski definition) is 1. The van der Waals surface area contributed by atoms with Crippen LogP contribution in [0.4, 0.5) is 0 Å². The van der Waals surface area contributed by atoms with Crippen molar-refractivity contribution in [2.24, 2.45) is 5.92 Å². The molecule has 2 aromatic rings. The standard InChI is InChI=1S/C18H24N2O3S/c1-11(2)6-16-20-12(3)17(24-16)18(21)19-10-13-7-14(22-4)9-15(8-13)23-5/h7-9,11H,6,10H2,1-5H3,(H,19,21). The molecule has 5 nitrogen and oxygen atoms in total. The van der Waals surface area contributed by atoms with Crippen molar-refractivity contribution in [1.29, 1.82) is 0 Å². The third-order valence-corrected chi connectivity index (χ3v) is 4.67. The lowest BCUT2D eigenvalue weighted by Crippen LogP contribution is -2.22. The first-order chi connectivity index (χ1) is 11.4. The van der Waals surface area contributed by atoms with Gasteiger partial charge in [0.2, 0.25) is 0 Å². The molecule has 0 fully saturated rings. The molecule has 2 rings (SSSR count). The Labute approximate surface area is 147 Å². The van der Waals surface area contributed by atoms with Gasteiger partial charge in [-0.3, -0.25) is 4.79 Å². The van der Waals surface area contributed by atoms with Crippen LogP contribution in [0, 0.1) is 12.8 Å². The van der Waals surface area contributed by atoms with E-state index in [2.05, 4.69) is 24.1 Å². The van der Waals surface area contributed by atoms with Gasteiger partial charge in [0.25, 0.3) is 5.91 Å². The van der Waals surface area contributed by atoms with E-state index in [1.807, 2.05) is 19.1 Å². The van der Waals surface area contributed by atoms with Gasteiger partial charge in [-0.1, -0.05) is 13.8 Å². The van der Waals surface area contributed by atoms with E-state index in [0.717, 1.165) is 22.7 Å². The number of nitrogens with one attached hydrogen (secondary N) is 1. The number of aromatic nitrogens is 1. The fourth-order valence-corrected chi connectivity index (χ4v) is 3.52. The first kappa shape index (κ1) is 18.3. The molecule has 24 heavy (non-hydrogen) atoms. The minimum Gasteiger partial charge on any atom is -0.497 e. The zero-order valence-electron chi connectivity index (χ0n) is 14.8. The molecule has 130 valence electrons. The number of rotatable bonds is 7. The number of hydrogen-bond acceptors (Lipinski definition) is 5. The second-order valence-electron chi connectivity index (χ2n) is 6.02. The van der Waals surface area contributed by atoms with Crippen LogP contribution in [0.15, 0.2) is 18.2 Å². The zero-order chi connectivity index (χ0) is 17.7. The van der Waals surface area contributed by atoms with Crippen molar-refractivity contribution in [2.45, 2.75) is 33.7 Å². The van der Waals surface area contributed by atoms with Gasteiger partial charge in [0.15, 0.2) is 0 Å². The Bertz CT molecular complexity index is 688. The lowest BCUT2D eigenvalue weighted by atomic mass is 10.1. The Balaban J connectivity index is 2.07. The minimum absolute atomic E-state index is 0.0956. The number of carbonyl (C=O) groups is 1. The van der Waals surface area contributed by atoms with Crippen molar-refractivity contribution in [3.05, 3.63) is 39.3 Å². The van der Waals surface area contributed by atoms with Gasteiger partial charge in [-0.2, -0.15) is 0 Å². The summed E-state index contributed by atoms with van der Waals surface area (Å²) < 4.78 is 10.5. The van der Waals surface area contributed by atoms with Crippen molar-refractivity contribution < 1.29 is 14.3 Å². The predicted octanol–water partition coefficient (Wildman–Crippen LogP) is 3.60. The number of methoxy groups -OCH3 is 2. The Morgan fingerprint density at radius 3 is 2.38 bits per heavy atom. The summed E-state index contributed by atoms with van der Waals surface area (Å²) in [4.78, 5) is 17.6. The molecule has 0 saturated carbocycles. The van der Waals surface area contributed by atoms with Crippen LogP contribution >= 0.6 is 11.3 Å². The van der Waals surface area contributed by atoms with Crippen LogP contribution in [0.3, 0.4) is 0 Å². The van der Waals surface area contributed by atoms with Gasteiger partial charge < -0.3 is 14.8 Å². The van der Waals surface area contributed by atoms with Gasteiger partial charge >= 0.3 is 0 Å². The zero-order valence-corrected chi connectivity index (χ0v) is 15.6. The van der Waals surface area contributed by atoms with Crippen LogP contribution in [0.5, 0.6) is 11.5 Å². The van der Waals surface area contributed by atoms with E-state index in [1.54, 1.807) is 20.3 Å². The third-order valence-electron chi connectivity index (χ3n) is 3.49. The number of amides is 1. The smallest absolute Gasteiger partial charge is 0.263 e. The molecule has 1 aromatic carbocycles. The molecule has 0 aliphatic carbocycles. The SMILES string of the molecule is COc1cc(CNC(=O)c2sc(CC(C)C)nc2C)cc(OC)c1. The maximum Gasteiger partial charge on any atom is 0.263 e. The predicted molar refractivity (Wildman–Crippen MR) is 96.1 cm³/mol. The van der Waals surface area contributed by atoms with E-state index in [1.165, 1.54) is 11.3 Å². The molecule has 6 heteroatoms. The van der Waals surface area contributed by atoms with Gasteiger partial charge in [-0.15, -0.1) is 11.3 Å². The molecule has 1 heterocycles. The molecule has 0 radical (unpaired) electrons. The van der Waals surface area contributed by atoms with Crippen molar-refractivity contribution in [1.82, 2.24) is 10.3 Å². The van der Waals surface area contributed by atoms with Crippen LogP contribution in [-0.2, 0) is 13.0 Å². The molecule has 0 saturated heterocycles. The number of benzene rings is 1.